The molecule has 58 heavy (non-hydrogen) atoms. The molecule has 3 fully saturated rings. The highest BCUT2D eigenvalue weighted by molar-refractivity contribution is 7.91. The summed E-state index contributed by atoms with van der Waals surface area (Å²) in [5.74, 6) is -3.79. The van der Waals surface area contributed by atoms with Crippen LogP contribution < -0.4 is 14.2 Å². The lowest BCUT2D eigenvalue weighted by Gasteiger charge is -2.32. The number of nitrogens with zero attached hydrogens (tertiary/aromatic N) is 2. The van der Waals surface area contributed by atoms with Gasteiger partial charge in [0.25, 0.3) is 6.43 Å². The van der Waals surface area contributed by atoms with Gasteiger partial charge >= 0.3 is 5.97 Å². The Hall–Kier alpha value is -3.85. The fraction of sp³-hybridized carbons (Fsp3) is 0.643. The third-order valence-corrected chi connectivity index (χ3v) is 14.5. The molecule has 0 bridgehead atoms. The van der Waals surface area contributed by atoms with Gasteiger partial charge in [0.15, 0.2) is 12.4 Å². The van der Waals surface area contributed by atoms with Crippen molar-refractivity contribution in [3.63, 3.8) is 0 Å². The van der Waals surface area contributed by atoms with Crippen molar-refractivity contribution in [2.45, 2.75) is 128 Å². The number of allylic oxidation sites excluding steroid dienone is 2. The molecule has 2 aromatic rings. The lowest BCUT2D eigenvalue weighted by molar-refractivity contribution is -0.160. The smallest absolute Gasteiger partial charge is 0.307 e. The molecule has 0 spiro atoms. The average molecular weight is 850 g/mol. The van der Waals surface area contributed by atoms with Crippen LogP contribution in [0.1, 0.15) is 99.3 Å². The number of hydrogen-bond acceptors (Lipinski definition) is 10. The molecule has 3 heterocycles. The van der Waals surface area contributed by atoms with Crippen molar-refractivity contribution < 1.29 is 50.6 Å². The number of hydrogen-bond donors (Lipinski definition) is 1. The van der Waals surface area contributed by atoms with E-state index in [2.05, 4.69) is 16.6 Å². The molecule has 0 radical (unpaired) electrons. The number of fused-ring (bicyclic) bond motifs is 3. The predicted molar refractivity (Wildman–Crippen MR) is 213 cm³/mol. The summed E-state index contributed by atoms with van der Waals surface area (Å²) >= 11 is 6.49. The number of ether oxygens (including phenoxy) is 3. The van der Waals surface area contributed by atoms with E-state index in [0.29, 0.717) is 41.5 Å². The van der Waals surface area contributed by atoms with Crippen LogP contribution in [-0.4, -0.2) is 83.9 Å². The first-order chi connectivity index (χ1) is 27.1. The summed E-state index contributed by atoms with van der Waals surface area (Å²) in [6, 6.07) is 5.28. The summed E-state index contributed by atoms with van der Waals surface area (Å²) in [5.41, 5.74) is -2.15. The molecular weight excluding hydrogens is 796 g/mol. The molecule has 12 nitrogen and oxygen atoms in total. The Labute approximate surface area is 343 Å². The second kappa shape index (κ2) is 16.7. The van der Waals surface area contributed by atoms with E-state index in [1.807, 2.05) is 19.1 Å². The van der Waals surface area contributed by atoms with E-state index in [4.69, 9.17) is 25.8 Å². The summed E-state index contributed by atoms with van der Waals surface area (Å²) < 4.78 is 71.4. The van der Waals surface area contributed by atoms with Crippen LogP contribution in [0.25, 0.3) is 10.8 Å². The van der Waals surface area contributed by atoms with Gasteiger partial charge in [-0.25, -0.2) is 17.2 Å². The molecule has 1 aromatic carbocycles. The number of amides is 2. The second-order valence-corrected chi connectivity index (χ2v) is 20.6. The highest BCUT2D eigenvalue weighted by Crippen LogP contribution is 2.58. The molecule has 1 N–H and O–H groups in total. The number of nitrogens with one attached hydrogen (secondary N) is 1. The second-order valence-electron chi connectivity index (χ2n) is 18.0. The van der Waals surface area contributed by atoms with E-state index < -0.39 is 86.4 Å². The molecule has 2 amide bonds. The van der Waals surface area contributed by atoms with Crippen molar-refractivity contribution in [1.29, 1.82) is 0 Å². The number of halogens is 3. The van der Waals surface area contributed by atoms with Gasteiger partial charge in [-0.3, -0.25) is 23.9 Å². The minimum Gasteiger partial charge on any atom is -0.472 e. The number of carbonyl (C=O) groups is 4. The first kappa shape index (κ1) is 43.7. The molecule has 2 aliphatic heterocycles. The summed E-state index contributed by atoms with van der Waals surface area (Å²) in [6.45, 7) is 9.76. The van der Waals surface area contributed by atoms with Gasteiger partial charge in [-0.2, -0.15) is 4.98 Å². The monoisotopic (exact) mass is 849 g/mol. The largest absolute Gasteiger partial charge is 0.472 e. The molecule has 318 valence electrons. The van der Waals surface area contributed by atoms with Crippen LogP contribution in [0.15, 0.2) is 36.4 Å². The summed E-state index contributed by atoms with van der Waals surface area (Å²) in [4.78, 5) is 62.7. The van der Waals surface area contributed by atoms with Gasteiger partial charge in [0.1, 0.15) is 11.7 Å². The SMILES string of the molecule is C[C@H]1CC/C=C\[C@@H]2C[C@@]2(C(=O)NS(=O)(=O)C2(C)CC2)CC(=O)[C@@H]2C[C@@H](Oc3nc(OCC(F)F)cc4c(Cl)cccc34)CN2C(=O)[C@@H](CC(=O)OC(C)(C)C)[C@H](C)C1. The van der Waals surface area contributed by atoms with Gasteiger partial charge < -0.3 is 19.1 Å². The number of carbonyl (C=O) groups excluding carboxylic acids is 4. The summed E-state index contributed by atoms with van der Waals surface area (Å²) in [6.07, 6.45) is 2.78. The third kappa shape index (κ3) is 9.77. The highest BCUT2D eigenvalue weighted by atomic mass is 35.5. The van der Waals surface area contributed by atoms with E-state index >= 15 is 0 Å². The van der Waals surface area contributed by atoms with Gasteiger partial charge in [0.05, 0.1) is 35.1 Å². The van der Waals surface area contributed by atoms with Crippen molar-refractivity contribution >= 4 is 56.0 Å². The van der Waals surface area contributed by atoms with E-state index in [9.17, 15) is 36.4 Å². The molecule has 2 saturated carbocycles. The minimum absolute atomic E-state index is 0.00794. The minimum atomic E-state index is -4.01. The molecule has 4 aliphatic rings. The number of Topliss-reactive ketones (excluding diaryl/α,β-unsaturated/α-hetero) is 1. The van der Waals surface area contributed by atoms with Crippen molar-refractivity contribution in [2.24, 2.45) is 29.1 Å². The van der Waals surface area contributed by atoms with E-state index in [-0.39, 0.29) is 55.8 Å². The molecule has 1 aromatic heterocycles. The van der Waals surface area contributed by atoms with E-state index in [1.165, 1.54) is 11.0 Å². The number of alkyl halides is 2. The van der Waals surface area contributed by atoms with Crippen LogP contribution in [-0.2, 0) is 33.9 Å². The quantitative estimate of drug-likeness (QED) is 0.191. The Bertz CT molecular complexity index is 2070. The first-order valence-electron chi connectivity index (χ1n) is 20.1. The van der Waals surface area contributed by atoms with Gasteiger partial charge in [0, 0.05) is 34.7 Å². The van der Waals surface area contributed by atoms with Crippen LogP contribution in [0.5, 0.6) is 11.8 Å². The molecule has 2 aliphatic carbocycles. The Morgan fingerprint density at radius 1 is 1.12 bits per heavy atom. The zero-order valence-electron chi connectivity index (χ0n) is 33.9. The van der Waals surface area contributed by atoms with Crippen molar-refractivity contribution in [3.05, 3.63) is 41.4 Å². The number of pyridine rings is 1. The molecule has 6 rings (SSSR count). The van der Waals surface area contributed by atoms with Crippen LogP contribution in [0.3, 0.4) is 0 Å². The Morgan fingerprint density at radius 2 is 1.84 bits per heavy atom. The molecule has 1 saturated heterocycles. The maximum atomic E-state index is 14.9. The van der Waals surface area contributed by atoms with Crippen molar-refractivity contribution in [2.75, 3.05) is 13.2 Å². The van der Waals surface area contributed by atoms with Gasteiger partial charge in [-0.1, -0.05) is 43.7 Å². The summed E-state index contributed by atoms with van der Waals surface area (Å²) in [7, 11) is -4.01. The molecule has 0 unspecified atom stereocenters. The predicted octanol–water partition coefficient (Wildman–Crippen LogP) is 7.20. The zero-order chi connectivity index (χ0) is 42.4. The maximum Gasteiger partial charge on any atom is 0.307 e. The number of sulfonamides is 1. The lowest BCUT2D eigenvalue weighted by Crippen LogP contribution is -2.48. The molecular formula is C42H54ClF2N3O9S. The van der Waals surface area contributed by atoms with Crippen LogP contribution in [0.4, 0.5) is 8.78 Å². The van der Waals surface area contributed by atoms with Crippen molar-refractivity contribution in [1.82, 2.24) is 14.6 Å². The Balaban J connectivity index is 1.37. The summed E-state index contributed by atoms with van der Waals surface area (Å²) in [5, 5.41) is 1.16. The molecule has 16 heteroatoms. The van der Waals surface area contributed by atoms with Gasteiger partial charge in [-0.05, 0) is 96.1 Å². The van der Waals surface area contributed by atoms with Gasteiger partial charge in [0.2, 0.25) is 33.6 Å². The lowest BCUT2D eigenvalue weighted by atomic mass is 9.82. The Morgan fingerprint density at radius 3 is 2.52 bits per heavy atom. The average Bonchev–Trinajstić information content (AvgIpc) is 4.00. The van der Waals surface area contributed by atoms with Gasteiger partial charge in [-0.15, -0.1) is 0 Å². The van der Waals surface area contributed by atoms with Crippen molar-refractivity contribution in [3.8, 4) is 11.8 Å². The van der Waals surface area contributed by atoms with Crippen LogP contribution >= 0.6 is 11.6 Å². The fourth-order valence-electron chi connectivity index (χ4n) is 8.30. The standard InChI is InChI=1S/C42H54ClF2N3O9S/c1-24-10-7-8-11-26-20-42(26,39(52)47-58(53,54)41(6)14-15-41)21-33(49)32-17-27(22-48(32)38(51)29(25(2)16-24)19-36(50)57-40(3,4)5)56-37-28-12-9-13-31(43)30(28)18-35(46-37)55-23-34(44)45/h8-9,11-13,18,24-27,29,32,34H,7,10,14-17,19-23H2,1-6H3,(H,47,52)/b11-8-/t24-,25+,26+,27+,29-,32-,42+/m0/s1. The van der Waals surface area contributed by atoms with E-state index in [1.54, 1.807) is 45.9 Å². The molecule has 7 atom stereocenters. The normalized spacial score (nSPS) is 29.4. The number of benzene rings is 1. The number of rotatable bonds is 10. The number of ketones is 1. The Kier molecular flexibility index (Phi) is 12.6. The zero-order valence-corrected chi connectivity index (χ0v) is 35.5. The highest BCUT2D eigenvalue weighted by Gasteiger charge is 2.62. The number of esters is 1. The number of aromatic nitrogens is 1. The first-order valence-corrected chi connectivity index (χ1v) is 21.9. The maximum absolute atomic E-state index is 14.9. The fourth-order valence-corrected chi connectivity index (χ4v) is 9.87. The van der Waals surface area contributed by atoms with Crippen LogP contribution in [0, 0.1) is 29.1 Å². The van der Waals surface area contributed by atoms with Crippen LogP contribution in [0.2, 0.25) is 5.02 Å². The third-order valence-electron chi connectivity index (χ3n) is 12.0. The van der Waals surface area contributed by atoms with E-state index in [0.717, 1.165) is 6.42 Å². The topological polar surface area (TPSA) is 158 Å².